The third-order valence-electron chi connectivity index (χ3n) is 3.21. The molecule has 2 amide bonds. The Labute approximate surface area is 152 Å². The van der Waals surface area contributed by atoms with Crippen LogP contribution in [0.4, 0.5) is 18.9 Å². The van der Waals surface area contributed by atoms with E-state index in [1.807, 2.05) is 0 Å². The van der Waals surface area contributed by atoms with Gasteiger partial charge in [0.2, 0.25) is 0 Å². The van der Waals surface area contributed by atoms with Crippen LogP contribution in [0.5, 0.6) is 0 Å². The first kappa shape index (κ1) is 19.7. The predicted octanol–water partition coefficient (Wildman–Crippen LogP) is 4.14. The van der Waals surface area contributed by atoms with Gasteiger partial charge in [-0.25, -0.2) is 0 Å². The van der Waals surface area contributed by atoms with Crippen LogP contribution < -0.4 is 10.6 Å². The summed E-state index contributed by atoms with van der Waals surface area (Å²) in [7, 11) is 0. The molecule has 0 spiro atoms. The molecule has 2 N–H and O–H groups in total. The van der Waals surface area contributed by atoms with E-state index in [1.165, 1.54) is 24.5 Å². The molecule has 0 radical (unpaired) electrons. The zero-order valence-electron chi connectivity index (χ0n) is 13.8. The molecule has 0 aliphatic rings. The Morgan fingerprint density at radius 2 is 1.69 bits per heavy atom. The lowest BCUT2D eigenvalue weighted by Crippen LogP contribution is -2.30. The SMILES string of the molecule is CC(C)NC(=O)c1cncc(C(=O)Nc2ccc(Cl)c(C(F)(F)F)c2)c1. The molecule has 0 saturated heterocycles. The summed E-state index contributed by atoms with van der Waals surface area (Å²) in [5, 5.41) is 4.52. The van der Waals surface area contributed by atoms with Crippen molar-refractivity contribution in [3.05, 3.63) is 58.4 Å². The lowest BCUT2D eigenvalue weighted by molar-refractivity contribution is -0.137. The van der Waals surface area contributed by atoms with Gasteiger partial charge in [0, 0.05) is 24.1 Å². The topological polar surface area (TPSA) is 71.1 Å². The van der Waals surface area contributed by atoms with E-state index in [-0.39, 0.29) is 22.9 Å². The summed E-state index contributed by atoms with van der Waals surface area (Å²) < 4.78 is 38.7. The number of nitrogens with zero attached hydrogens (tertiary/aromatic N) is 1. The minimum absolute atomic E-state index is 0.0323. The summed E-state index contributed by atoms with van der Waals surface area (Å²) in [6, 6.07) is 4.24. The minimum Gasteiger partial charge on any atom is -0.350 e. The van der Waals surface area contributed by atoms with Crippen LogP contribution in [0.25, 0.3) is 0 Å². The maximum atomic E-state index is 12.9. The molecule has 0 saturated carbocycles. The third kappa shape index (κ3) is 4.95. The lowest BCUT2D eigenvalue weighted by atomic mass is 10.1. The molecule has 9 heteroatoms. The van der Waals surface area contributed by atoms with Gasteiger partial charge in [0.25, 0.3) is 11.8 Å². The monoisotopic (exact) mass is 385 g/mol. The molecular weight excluding hydrogens is 371 g/mol. The standard InChI is InChI=1S/C17H15ClF3N3O2/c1-9(2)23-15(25)10-5-11(8-22-7-10)16(26)24-12-3-4-14(18)13(6-12)17(19,20)21/h3-9H,1-2H3,(H,23,25)(H,24,26). The number of hydrogen-bond acceptors (Lipinski definition) is 3. The summed E-state index contributed by atoms with van der Waals surface area (Å²) in [5.41, 5.74) is -0.938. The van der Waals surface area contributed by atoms with E-state index in [0.717, 1.165) is 12.1 Å². The number of anilines is 1. The number of aromatic nitrogens is 1. The first-order valence-corrected chi connectivity index (χ1v) is 7.89. The quantitative estimate of drug-likeness (QED) is 0.830. The maximum Gasteiger partial charge on any atom is 0.417 e. The van der Waals surface area contributed by atoms with E-state index in [4.69, 9.17) is 11.6 Å². The number of benzene rings is 1. The predicted molar refractivity (Wildman–Crippen MR) is 91.2 cm³/mol. The number of amides is 2. The second kappa shape index (κ2) is 7.74. The van der Waals surface area contributed by atoms with Gasteiger partial charge >= 0.3 is 6.18 Å². The molecule has 0 unspecified atom stereocenters. The van der Waals surface area contributed by atoms with Crippen LogP contribution in [0, 0.1) is 0 Å². The van der Waals surface area contributed by atoms with Gasteiger partial charge in [-0.2, -0.15) is 13.2 Å². The van der Waals surface area contributed by atoms with Gasteiger partial charge in [-0.3, -0.25) is 14.6 Å². The highest BCUT2D eigenvalue weighted by Gasteiger charge is 2.33. The third-order valence-corrected chi connectivity index (χ3v) is 3.54. The second-order valence-electron chi connectivity index (χ2n) is 5.74. The van der Waals surface area contributed by atoms with Crippen molar-refractivity contribution in [2.75, 3.05) is 5.32 Å². The number of alkyl halides is 3. The number of nitrogens with one attached hydrogen (secondary N) is 2. The fourth-order valence-corrected chi connectivity index (χ4v) is 2.28. The molecule has 0 atom stereocenters. The molecule has 138 valence electrons. The van der Waals surface area contributed by atoms with Crippen molar-refractivity contribution in [2.24, 2.45) is 0 Å². The fourth-order valence-electron chi connectivity index (χ4n) is 2.06. The van der Waals surface area contributed by atoms with Crippen LogP contribution in [0.15, 0.2) is 36.7 Å². The Kier molecular flexibility index (Phi) is 5.86. The molecule has 1 aromatic carbocycles. The highest BCUT2D eigenvalue weighted by atomic mass is 35.5. The Hall–Kier alpha value is -2.61. The molecule has 26 heavy (non-hydrogen) atoms. The average molecular weight is 386 g/mol. The summed E-state index contributed by atoms with van der Waals surface area (Å²) in [4.78, 5) is 28.0. The summed E-state index contributed by atoms with van der Waals surface area (Å²) in [6.07, 6.45) is -2.14. The van der Waals surface area contributed by atoms with E-state index < -0.39 is 28.6 Å². The molecule has 0 bridgehead atoms. The molecule has 5 nitrogen and oxygen atoms in total. The molecule has 0 fully saturated rings. The van der Waals surface area contributed by atoms with Crippen LogP contribution in [-0.4, -0.2) is 22.8 Å². The van der Waals surface area contributed by atoms with Crippen molar-refractivity contribution in [3.8, 4) is 0 Å². The molecule has 1 aromatic heterocycles. The van der Waals surface area contributed by atoms with Gasteiger partial charge < -0.3 is 10.6 Å². The Morgan fingerprint density at radius 3 is 2.27 bits per heavy atom. The lowest BCUT2D eigenvalue weighted by Gasteiger charge is -2.12. The van der Waals surface area contributed by atoms with E-state index in [2.05, 4.69) is 15.6 Å². The Balaban J connectivity index is 2.22. The second-order valence-corrected chi connectivity index (χ2v) is 6.14. The van der Waals surface area contributed by atoms with Gasteiger partial charge in [0.05, 0.1) is 21.7 Å². The first-order valence-electron chi connectivity index (χ1n) is 7.52. The van der Waals surface area contributed by atoms with Crippen molar-refractivity contribution in [3.63, 3.8) is 0 Å². The van der Waals surface area contributed by atoms with E-state index in [0.29, 0.717) is 0 Å². The Morgan fingerprint density at radius 1 is 1.08 bits per heavy atom. The zero-order chi connectivity index (χ0) is 19.5. The van der Waals surface area contributed by atoms with Crippen molar-refractivity contribution in [2.45, 2.75) is 26.1 Å². The van der Waals surface area contributed by atoms with Crippen LogP contribution in [0.3, 0.4) is 0 Å². The molecule has 0 aliphatic carbocycles. The van der Waals surface area contributed by atoms with Gasteiger partial charge in [-0.15, -0.1) is 0 Å². The molecule has 2 aromatic rings. The number of rotatable bonds is 4. The highest BCUT2D eigenvalue weighted by molar-refractivity contribution is 6.31. The highest BCUT2D eigenvalue weighted by Crippen LogP contribution is 2.36. The van der Waals surface area contributed by atoms with Crippen molar-refractivity contribution in [1.82, 2.24) is 10.3 Å². The van der Waals surface area contributed by atoms with Crippen LogP contribution in [0.2, 0.25) is 5.02 Å². The van der Waals surface area contributed by atoms with Crippen molar-refractivity contribution >= 4 is 29.1 Å². The molecule has 1 heterocycles. The van der Waals surface area contributed by atoms with Crippen molar-refractivity contribution in [1.29, 1.82) is 0 Å². The minimum atomic E-state index is -4.64. The van der Waals surface area contributed by atoms with E-state index in [1.54, 1.807) is 13.8 Å². The number of carbonyl (C=O) groups is 2. The van der Waals surface area contributed by atoms with Gasteiger partial charge in [-0.05, 0) is 38.1 Å². The average Bonchev–Trinajstić information content (AvgIpc) is 2.55. The van der Waals surface area contributed by atoms with Crippen LogP contribution in [0.1, 0.15) is 40.1 Å². The van der Waals surface area contributed by atoms with Crippen molar-refractivity contribution < 1.29 is 22.8 Å². The smallest absolute Gasteiger partial charge is 0.350 e. The number of halogens is 4. The maximum absolute atomic E-state index is 12.9. The zero-order valence-corrected chi connectivity index (χ0v) is 14.6. The summed E-state index contributed by atoms with van der Waals surface area (Å²) in [6.45, 7) is 3.56. The van der Waals surface area contributed by atoms with E-state index >= 15 is 0 Å². The van der Waals surface area contributed by atoms with Gasteiger partial charge in [0.15, 0.2) is 0 Å². The van der Waals surface area contributed by atoms with Gasteiger partial charge in [-0.1, -0.05) is 11.6 Å². The summed E-state index contributed by atoms with van der Waals surface area (Å²) in [5.74, 6) is -1.11. The summed E-state index contributed by atoms with van der Waals surface area (Å²) >= 11 is 5.54. The molecule has 0 aliphatic heterocycles. The fraction of sp³-hybridized carbons (Fsp3) is 0.235. The van der Waals surface area contributed by atoms with Crippen LogP contribution >= 0.6 is 11.6 Å². The first-order chi connectivity index (χ1) is 12.1. The molecule has 2 rings (SSSR count). The Bertz CT molecular complexity index is 838. The van der Waals surface area contributed by atoms with Gasteiger partial charge in [0.1, 0.15) is 0 Å². The number of carbonyl (C=O) groups excluding carboxylic acids is 2. The molecular formula is C17H15ClF3N3O2. The largest absolute Gasteiger partial charge is 0.417 e. The normalized spacial score (nSPS) is 11.3. The van der Waals surface area contributed by atoms with E-state index in [9.17, 15) is 22.8 Å². The number of pyridine rings is 1. The number of hydrogen-bond donors (Lipinski definition) is 2. The van der Waals surface area contributed by atoms with Crippen LogP contribution in [-0.2, 0) is 6.18 Å².